The summed E-state index contributed by atoms with van der Waals surface area (Å²) in [5.41, 5.74) is 4.03. The van der Waals surface area contributed by atoms with E-state index in [4.69, 9.17) is 11.6 Å². The fourth-order valence-corrected chi connectivity index (χ4v) is 7.14. The largest absolute Gasteiger partial charge is 0.378 e. The van der Waals surface area contributed by atoms with E-state index in [1.54, 1.807) is 19.1 Å². The molecule has 1 aliphatic carbocycles. The van der Waals surface area contributed by atoms with Crippen molar-refractivity contribution in [1.29, 1.82) is 0 Å². The van der Waals surface area contributed by atoms with Crippen molar-refractivity contribution in [1.82, 2.24) is 0 Å². The number of benzene rings is 3. The van der Waals surface area contributed by atoms with Crippen LogP contribution >= 0.6 is 23.4 Å². The Labute approximate surface area is 201 Å². The van der Waals surface area contributed by atoms with Crippen LogP contribution in [0.3, 0.4) is 0 Å². The molecule has 0 spiro atoms. The lowest BCUT2D eigenvalue weighted by Crippen LogP contribution is -2.31. The van der Waals surface area contributed by atoms with E-state index in [0.717, 1.165) is 17.7 Å². The molecule has 3 aromatic rings. The number of rotatable bonds is 5. The van der Waals surface area contributed by atoms with Gasteiger partial charge in [-0.2, -0.15) is 0 Å². The quantitative estimate of drug-likeness (QED) is 0.188. The van der Waals surface area contributed by atoms with Gasteiger partial charge in [-0.25, -0.2) is 0 Å². The predicted molar refractivity (Wildman–Crippen MR) is 132 cm³/mol. The van der Waals surface area contributed by atoms with E-state index < -0.39 is 0 Å². The molecule has 33 heavy (non-hydrogen) atoms. The molecule has 2 aliphatic rings. The lowest BCUT2D eigenvalue weighted by molar-refractivity contribution is -0.387. The highest BCUT2D eigenvalue weighted by atomic mass is 35.5. The Morgan fingerprint density at radius 1 is 1.09 bits per heavy atom. The summed E-state index contributed by atoms with van der Waals surface area (Å²) in [4.78, 5) is 23.9. The van der Waals surface area contributed by atoms with Crippen molar-refractivity contribution in [2.75, 3.05) is 5.32 Å². The number of carbonyl (C=O) groups is 1. The number of Topliss-reactive ketones (excluding diaryl/α,β-unsaturated/α-hetero) is 1. The predicted octanol–water partition coefficient (Wildman–Crippen LogP) is 6.84. The van der Waals surface area contributed by atoms with E-state index in [9.17, 15) is 14.9 Å². The third-order valence-corrected chi connectivity index (χ3v) is 8.83. The number of nitrogens with zero attached hydrogens (tertiary/aromatic N) is 1. The molecule has 0 saturated heterocycles. The summed E-state index contributed by atoms with van der Waals surface area (Å²) >= 11 is 8.64. The van der Waals surface area contributed by atoms with Crippen LogP contribution in [-0.4, -0.2) is 21.3 Å². The smallest absolute Gasteiger partial charge is 0.282 e. The summed E-state index contributed by atoms with van der Waals surface area (Å²) in [5.74, 6) is 0.257. The van der Waals surface area contributed by atoms with Gasteiger partial charge in [-0.1, -0.05) is 42.5 Å². The van der Waals surface area contributed by atoms with Crippen molar-refractivity contribution < 1.29 is 9.72 Å². The van der Waals surface area contributed by atoms with Gasteiger partial charge in [0.25, 0.3) is 5.69 Å². The van der Waals surface area contributed by atoms with E-state index in [1.807, 2.05) is 42.5 Å². The number of nitro groups is 1. The number of nitrogens with one attached hydrogen (secondary N) is 1. The Kier molecular flexibility index (Phi) is 5.89. The zero-order valence-corrected chi connectivity index (χ0v) is 19.6. The van der Waals surface area contributed by atoms with Crippen LogP contribution in [0.4, 0.5) is 11.4 Å². The highest BCUT2D eigenvalue weighted by Crippen LogP contribution is 2.58. The van der Waals surface area contributed by atoms with E-state index in [0.29, 0.717) is 10.5 Å². The molecule has 0 amide bonds. The first-order chi connectivity index (χ1) is 15.9. The summed E-state index contributed by atoms with van der Waals surface area (Å²) < 4.78 is 0. The standard InChI is InChI=1S/C26H23ClN2O3S/c1-15(30)17-11-12-20-18(13-17)24-19(26(28-20)16-7-3-2-4-8-16)14-23(25(24)27)33-22-10-6-5-9-21(22)29(31)32/h2-13,19,23-26,28H,14H2,1H3/t19-,23+,24-,25+,26+/m1/s1. The maximum Gasteiger partial charge on any atom is 0.282 e. The number of ketones is 1. The van der Waals surface area contributed by atoms with Gasteiger partial charge < -0.3 is 5.32 Å². The minimum Gasteiger partial charge on any atom is -0.378 e. The first-order valence-electron chi connectivity index (χ1n) is 10.9. The van der Waals surface area contributed by atoms with E-state index in [-0.39, 0.29) is 44.9 Å². The average Bonchev–Trinajstić information content (AvgIpc) is 3.15. The van der Waals surface area contributed by atoms with Gasteiger partial charge in [0.2, 0.25) is 0 Å². The van der Waals surface area contributed by atoms with Crippen molar-refractivity contribution in [3.63, 3.8) is 0 Å². The molecule has 168 valence electrons. The Hall–Kier alpha value is -2.83. The lowest BCUT2D eigenvalue weighted by atomic mass is 9.76. The van der Waals surface area contributed by atoms with Crippen LogP contribution in [-0.2, 0) is 0 Å². The molecule has 7 heteroatoms. The van der Waals surface area contributed by atoms with Gasteiger partial charge in [0, 0.05) is 28.5 Å². The molecule has 1 N–H and O–H groups in total. The summed E-state index contributed by atoms with van der Waals surface area (Å²) in [6.45, 7) is 1.57. The van der Waals surface area contributed by atoms with Crippen molar-refractivity contribution in [3.8, 4) is 0 Å². The van der Waals surface area contributed by atoms with E-state index >= 15 is 0 Å². The number of carbonyl (C=O) groups excluding carboxylic acids is 1. The number of alkyl halides is 1. The van der Waals surface area contributed by atoms with Gasteiger partial charge in [-0.15, -0.1) is 23.4 Å². The van der Waals surface area contributed by atoms with Crippen LogP contribution < -0.4 is 5.32 Å². The minimum atomic E-state index is -0.337. The number of nitro benzene ring substituents is 1. The molecule has 1 aliphatic heterocycles. The zero-order valence-electron chi connectivity index (χ0n) is 18.0. The Morgan fingerprint density at radius 3 is 2.55 bits per heavy atom. The molecule has 1 fully saturated rings. The minimum absolute atomic E-state index is 0.00251. The molecule has 0 aromatic heterocycles. The fraction of sp³-hybridized carbons (Fsp3) is 0.269. The lowest BCUT2D eigenvalue weighted by Gasteiger charge is -2.38. The van der Waals surface area contributed by atoms with Gasteiger partial charge in [-0.05, 0) is 54.7 Å². The van der Waals surface area contributed by atoms with Gasteiger partial charge in [0.05, 0.1) is 21.2 Å². The second kappa shape index (κ2) is 8.84. The van der Waals surface area contributed by atoms with Gasteiger partial charge in [-0.3, -0.25) is 14.9 Å². The van der Waals surface area contributed by atoms with Crippen LogP contribution in [0.15, 0.2) is 77.7 Å². The SMILES string of the molecule is CC(=O)c1ccc2c(c1)[C@H]1[C@@H](Cl)[C@@H](Sc3ccccc3[N+](=O)[O-])C[C@H]1[C@H](c1ccccc1)N2. The maximum atomic E-state index is 12.1. The topological polar surface area (TPSA) is 72.2 Å². The van der Waals surface area contributed by atoms with Crippen molar-refractivity contribution in [2.24, 2.45) is 5.92 Å². The number of hydrogen-bond acceptors (Lipinski definition) is 5. The molecular formula is C26H23ClN2O3S. The number of anilines is 1. The third kappa shape index (κ3) is 4.02. The van der Waals surface area contributed by atoms with Gasteiger partial charge in [0.15, 0.2) is 5.78 Å². The second-order valence-electron chi connectivity index (χ2n) is 8.64. The summed E-state index contributed by atoms with van der Waals surface area (Å²) in [6, 6.07) is 23.0. The molecule has 0 bridgehead atoms. The molecule has 5 rings (SSSR count). The molecule has 5 nitrogen and oxygen atoms in total. The normalized spacial score (nSPS) is 25.6. The maximum absolute atomic E-state index is 12.1. The van der Waals surface area contributed by atoms with Gasteiger partial charge in [0.1, 0.15) is 0 Å². The fourth-order valence-electron chi connectivity index (χ4n) is 5.20. The Morgan fingerprint density at radius 2 is 1.82 bits per heavy atom. The zero-order chi connectivity index (χ0) is 23.1. The molecule has 3 aromatic carbocycles. The highest BCUT2D eigenvalue weighted by Gasteiger charge is 2.50. The monoisotopic (exact) mass is 478 g/mol. The molecular weight excluding hydrogens is 456 g/mol. The third-order valence-electron chi connectivity index (χ3n) is 6.72. The molecule has 0 radical (unpaired) electrons. The van der Waals surface area contributed by atoms with Crippen LogP contribution in [0.5, 0.6) is 0 Å². The molecule has 1 heterocycles. The average molecular weight is 479 g/mol. The van der Waals surface area contributed by atoms with Gasteiger partial charge >= 0.3 is 0 Å². The summed E-state index contributed by atoms with van der Waals surface area (Å²) in [5, 5.41) is 15.0. The summed E-state index contributed by atoms with van der Waals surface area (Å²) in [7, 11) is 0. The van der Waals surface area contributed by atoms with E-state index in [1.165, 1.54) is 23.4 Å². The molecule has 5 atom stereocenters. The van der Waals surface area contributed by atoms with E-state index in [2.05, 4.69) is 17.4 Å². The van der Waals surface area contributed by atoms with Crippen LogP contribution in [0.2, 0.25) is 0 Å². The number of fused-ring (bicyclic) bond motifs is 3. The Balaban J connectivity index is 1.55. The number of para-hydroxylation sites is 1. The molecule has 1 saturated carbocycles. The van der Waals surface area contributed by atoms with Crippen LogP contribution in [0.25, 0.3) is 0 Å². The number of thioether (sulfide) groups is 1. The van der Waals surface area contributed by atoms with Crippen molar-refractivity contribution >= 4 is 40.5 Å². The highest BCUT2D eigenvalue weighted by molar-refractivity contribution is 8.00. The van der Waals surface area contributed by atoms with Crippen molar-refractivity contribution in [2.45, 2.75) is 40.8 Å². The Bertz CT molecular complexity index is 1220. The second-order valence-corrected chi connectivity index (χ2v) is 10.4. The van der Waals surface area contributed by atoms with Crippen LogP contribution in [0, 0.1) is 16.0 Å². The molecule has 0 unspecified atom stereocenters. The summed E-state index contributed by atoms with van der Waals surface area (Å²) in [6.07, 6.45) is 0.811. The number of halogens is 1. The first kappa shape index (κ1) is 22.0. The van der Waals surface area contributed by atoms with Crippen LogP contribution in [0.1, 0.15) is 46.8 Å². The first-order valence-corrected chi connectivity index (χ1v) is 12.3. The van der Waals surface area contributed by atoms with Crippen molar-refractivity contribution in [3.05, 3.63) is 99.6 Å². The number of hydrogen-bond donors (Lipinski definition) is 1.